The lowest BCUT2D eigenvalue weighted by atomic mass is 10.1. The van der Waals surface area contributed by atoms with Gasteiger partial charge in [-0.15, -0.1) is 11.8 Å². The molecule has 0 spiro atoms. The summed E-state index contributed by atoms with van der Waals surface area (Å²) >= 11 is 1.90. The molecule has 0 radical (unpaired) electrons. The third-order valence-electron chi connectivity index (χ3n) is 4.50. The predicted molar refractivity (Wildman–Crippen MR) is 115 cm³/mol. The van der Waals surface area contributed by atoms with E-state index in [-0.39, 0.29) is 0 Å². The fourth-order valence-corrected chi connectivity index (χ4v) is 3.93. The highest BCUT2D eigenvalue weighted by Crippen LogP contribution is 2.18. The molecule has 1 fully saturated rings. The number of nitrogens with one attached hydrogen (secondary N) is 1. The van der Waals surface area contributed by atoms with E-state index >= 15 is 0 Å². The number of nitrogens with zero attached hydrogens (tertiary/aromatic N) is 2. The number of methoxy groups -OCH3 is 1. The van der Waals surface area contributed by atoms with Crippen molar-refractivity contribution in [2.24, 2.45) is 4.99 Å². The van der Waals surface area contributed by atoms with Crippen LogP contribution in [-0.2, 0) is 9.47 Å². The van der Waals surface area contributed by atoms with Gasteiger partial charge in [-0.1, -0.05) is 18.2 Å². The number of ether oxygens (including phenoxy) is 2. The summed E-state index contributed by atoms with van der Waals surface area (Å²) in [7, 11) is 1.74. The SMILES string of the molecule is CCNC(=NCCCSc1ccccc1)N1CCC(OCCCOC)CC1. The molecule has 6 heteroatoms. The third kappa shape index (κ3) is 9.00. The molecule has 1 aliphatic heterocycles. The molecule has 27 heavy (non-hydrogen) atoms. The van der Waals surface area contributed by atoms with Gasteiger partial charge in [0.2, 0.25) is 0 Å². The number of hydrogen-bond donors (Lipinski definition) is 1. The summed E-state index contributed by atoms with van der Waals surface area (Å²) < 4.78 is 11.0. The first-order valence-corrected chi connectivity index (χ1v) is 11.1. The summed E-state index contributed by atoms with van der Waals surface area (Å²) in [4.78, 5) is 8.55. The third-order valence-corrected chi connectivity index (χ3v) is 5.60. The van der Waals surface area contributed by atoms with Gasteiger partial charge in [0.25, 0.3) is 0 Å². The molecule has 1 saturated heterocycles. The van der Waals surface area contributed by atoms with Crippen molar-refractivity contribution in [2.75, 3.05) is 52.3 Å². The van der Waals surface area contributed by atoms with Gasteiger partial charge in [0, 0.05) is 51.4 Å². The Morgan fingerprint density at radius 1 is 1.19 bits per heavy atom. The lowest BCUT2D eigenvalue weighted by Crippen LogP contribution is -2.47. The molecule has 1 aromatic rings. The number of guanidine groups is 1. The second-order valence-electron chi connectivity index (χ2n) is 6.65. The second-order valence-corrected chi connectivity index (χ2v) is 7.82. The van der Waals surface area contributed by atoms with Crippen LogP contribution in [0.15, 0.2) is 40.2 Å². The van der Waals surface area contributed by atoms with Crippen molar-refractivity contribution in [3.05, 3.63) is 30.3 Å². The minimum Gasteiger partial charge on any atom is -0.385 e. The van der Waals surface area contributed by atoms with Gasteiger partial charge in [0.1, 0.15) is 0 Å². The number of benzene rings is 1. The summed E-state index contributed by atoms with van der Waals surface area (Å²) in [5.41, 5.74) is 0. The lowest BCUT2D eigenvalue weighted by molar-refractivity contribution is 0.00991. The zero-order chi connectivity index (χ0) is 19.2. The van der Waals surface area contributed by atoms with Gasteiger partial charge in [0.05, 0.1) is 6.10 Å². The maximum Gasteiger partial charge on any atom is 0.193 e. The predicted octanol–water partition coefficient (Wildman–Crippen LogP) is 3.65. The molecule has 0 amide bonds. The Morgan fingerprint density at radius 3 is 2.67 bits per heavy atom. The van der Waals surface area contributed by atoms with E-state index in [4.69, 9.17) is 14.5 Å². The van der Waals surface area contributed by atoms with Gasteiger partial charge in [-0.3, -0.25) is 4.99 Å². The number of likely N-dealkylation sites (tertiary alicyclic amines) is 1. The van der Waals surface area contributed by atoms with E-state index < -0.39 is 0 Å². The lowest BCUT2D eigenvalue weighted by Gasteiger charge is -2.34. The monoisotopic (exact) mass is 393 g/mol. The van der Waals surface area contributed by atoms with Crippen molar-refractivity contribution in [2.45, 2.75) is 43.6 Å². The summed E-state index contributed by atoms with van der Waals surface area (Å²) in [6.07, 6.45) is 4.58. The highest BCUT2D eigenvalue weighted by atomic mass is 32.2. The summed E-state index contributed by atoms with van der Waals surface area (Å²) in [5, 5.41) is 3.45. The molecule has 0 aliphatic carbocycles. The van der Waals surface area contributed by atoms with Crippen LogP contribution in [0.2, 0.25) is 0 Å². The van der Waals surface area contributed by atoms with E-state index in [1.807, 2.05) is 11.8 Å². The van der Waals surface area contributed by atoms with Crippen LogP contribution >= 0.6 is 11.8 Å². The Hall–Kier alpha value is -1.24. The Kier molecular flexibility index (Phi) is 11.3. The molecule has 5 nitrogen and oxygen atoms in total. The van der Waals surface area contributed by atoms with Gasteiger partial charge in [-0.25, -0.2) is 0 Å². The van der Waals surface area contributed by atoms with Crippen LogP contribution in [0.3, 0.4) is 0 Å². The second kappa shape index (κ2) is 13.9. The van der Waals surface area contributed by atoms with Crippen molar-refractivity contribution < 1.29 is 9.47 Å². The van der Waals surface area contributed by atoms with Gasteiger partial charge in [-0.05, 0) is 50.5 Å². The number of rotatable bonds is 11. The summed E-state index contributed by atoms with van der Waals surface area (Å²) in [5.74, 6) is 2.16. The number of piperidine rings is 1. The molecular formula is C21H35N3O2S. The van der Waals surface area contributed by atoms with E-state index in [9.17, 15) is 0 Å². The van der Waals surface area contributed by atoms with E-state index in [1.54, 1.807) is 7.11 Å². The van der Waals surface area contributed by atoms with Crippen LogP contribution in [0, 0.1) is 0 Å². The molecule has 1 N–H and O–H groups in total. The van der Waals surface area contributed by atoms with Crippen LogP contribution < -0.4 is 5.32 Å². The first-order chi connectivity index (χ1) is 13.3. The molecule has 0 unspecified atom stereocenters. The largest absolute Gasteiger partial charge is 0.385 e. The Bertz CT molecular complexity index is 519. The molecule has 0 saturated carbocycles. The maximum absolute atomic E-state index is 5.96. The van der Waals surface area contributed by atoms with Crippen LogP contribution in [0.4, 0.5) is 0 Å². The Balaban J connectivity index is 1.67. The summed E-state index contributed by atoms with van der Waals surface area (Å²) in [6.45, 7) is 7.51. The molecule has 2 rings (SSSR count). The smallest absolute Gasteiger partial charge is 0.193 e. The van der Waals surface area contributed by atoms with Crippen LogP contribution in [-0.4, -0.2) is 69.2 Å². The normalized spacial score (nSPS) is 15.9. The van der Waals surface area contributed by atoms with Crippen molar-refractivity contribution in [1.29, 1.82) is 0 Å². The molecule has 1 heterocycles. The van der Waals surface area contributed by atoms with E-state index in [2.05, 4.69) is 47.5 Å². The minimum absolute atomic E-state index is 0.378. The summed E-state index contributed by atoms with van der Waals surface area (Å²) in [6, 6.07) is 10.6. The molecule has 152 valence electrons. The average Bonchev–Trinajstić information content (AvgIpc) is 2.71. The van der Waals surface area contributed by atoms with E-state index in [0.717, 1.165) is 76.8 Å². The van der Waals surface area contributed by atoms with Crippen LogP contribution in [0.5, 0.6) is 0 Å². The molecule has 1 aromatic carbocycles. The zero-order valence-electron chi connectivity index (χ0n) is 16.9. The standard InChI is InChI=1S/C21H35N3O2S/c1-3-22-21(23-13-7-18-27-20-9-5-4-6-10-20)24-14-11-19(12-15-24)26-17-8-16-25-2/h4-6,9-10,19H,3,7-8,11-18H2,1-2H3,(H,22,23). The van der Waals surface area contributed by atoms with Crippen LogP contribution in [0.1, 0.15) is 32.6 Å². The van der Waals surface area contributed by atoms with Crippen LogP contribution in [0.25, 0.3) is 0 Å². The van der Waals surface area contributed by atoms with E-state index in [0.29, 0.717) is 6.10 Å². The van der Waals surface area contributed by atoms with Crippen molar-refractivity contribution in [3.63, 3.8) is 0 Å². The van der Waals surface area contributed by atoms with Crippen molar-refractivity contribution in [3.8, 4) is 0 Å². The van der Waals surface area contributed by atoms with E-state index in [1.165, 1.54) is 4.90 Å². The van der Waals surface area contributed by atoms with Gasteiger partial charge < -0.3 is 19.7 Å². The molecule has 1 aliphatic rings. The first kappa shape index (κ1) is 22.1. The highest BCUT2D eigenvalue weighted by molar-refractivity contribution is 7.99. The molecule has 0 aromatic heterocycles. The first-order valence-electron chi connectivity index (χ1n) is 10.1. The Labute approximate surface area is 168 Å². The quantitative estimate of drug-likeness (QED) is 0.269. The highest BCUT2D eigenvalue weighted by Gasteiger charge is 2.21. The fraction of sp³-hybridized carbons (Fsp3) is 0.667. The maximum atomic E-state index is 5.96. The number of hydrogen-bond acceptors (Lipinski definition) is 4. The topological polar surface area (TPSA) is 46.1 Å². The van der Waals surface area contributed by atoms with Crippen molar-refractivity contribution >= 4 is 17.7 Å². The average molecular weight is 394 g/mol. The minimum atomic E-state index is 0.378. The molecule has 0 atom stereocenters. The number of thioether (sulfide) groups is 1. The van der Waals surface area contributed by atoms with Gasteiger partial charge in [-0.2, -0.15) is 0 Å². The molecular weight excluding hydrogens is 358 g/mol. The molecule has 0 bridgehead atoms. The fourth-order valence-electron chi connectivity index (χ4n) is 3.07. The Morgan fingerprint density at radius 2 is 1.96 bits per heavy atom. The van der Waals surface area contributed by atoms with Crippen molar-refractivity contribution in [1.82, 2.24) is 10.2 Å². The number of aliphatic imine (C=N–C) groups is 1. The van der Waals surface area contributed by atoms with Gasteiger partial charge >= 0.3 is 0 Å². The van der Waals surface area contributed by atoms with Gasteiger partial charge in [0.15, 0.2) is 5.96 Å². The zero-order valence-corrected chi connectivity index (χ0v) is 17.7.